The van der Waals surface area contributed by atoms with Gasteiger partial charge in [0.15, 0.2) is 5.82 Å². The second-order valence-corrected chi connectivity index (χ2v) is 3.80. The molecular formula is C11H20N5O2+. The summed E-state index contributed by atoms with van der Waals surface area (Å²) in [5.41, 5.74) is 13.2. The fourth-order valence-corrected chi connectivity index (χ4v) is 1.46. The number of rotatable bonds is 8. The van der Waals surface area contributed by atoms with Crippen LogP contribution in [-0.2, 0) is 4.84 Å². The topological polar surface area (TPSA) is 120 Å². The second kappa shape index (κ2) is 7.59. The van der Waals surface area contributed by atoms with Crippen molar-refractivity contribution in [3.8, 4) is 0 Å². The molecule has 0 bridgehead atoms. The van der Waals surface area contributed by atoms with Crippen LogP contribution in [0.4, 0.5) is 11.5 Å². The molecule has 1 rings (SSSR count). The van der Waals surface area contributed by atoms with Crippen molar-refractivity contribution in [2.45, 2.75) is 12.8 Å². The summed E-state index contributed by atoms with van der Waals surface area (Å²) in [5, 5.41) is 3.17. The van der Waals surface area contributed by atoms with E-state index in [4.69, 9.17) is 16.3 Å². The van der Waals surface area contributed by atoms with E-state index in [-0.39, 0.29) is 0 Å². The molecule has 0 radical (unpaired) electrons. The van der Waals surface area contributed by atoms with E-state index >= 15 is 0 Å². The van der Waals surface area contributed by atoms with E-state index in [0.717, 1.165) is 19.4 Å². The van der Waals surface area contributed by atoms with Crippen LogP contribution in [0.25, 0.3) is 0 Å². The van der Waals surface area contributed by atoms with Gasteiger partial charge in [-0.25, -0.2) is 9.82 Å². The first kappa shape index (κ1) is 14.4. The molecule has 0 saturated heterocycles. The number of carbonyl (C=O) groups is 1. The van der Waals surface area contributed by atoms with Gasteiger partial charge >= 0.3 is 0 Å². The van der Waals surface area contributed by atoms with Crippen LogP contribution in [0.2, 0.25) is 0 Å². The molecule has 18 heavy (non-hydrogen) atoms. The van der Waals surface area contributed by atoms with Crippen molar-refractivity contribution in [1.29, 1.82) is 0 Å². The number of hydrogen-bond donors (Lipinski definition) is 4. The molecule has 7 nitrogen and oxygen atoms in total. The Morgan fingerprint density at radius 3 is 2.94 bits per heavy atom. The van der Waals surface area contributed by atoms with Crippen molar-refractivity contribution in [1.82, 2.24) is 4.98 Å². The Balaban J connectivity index is 2.73. The van der Waals surface area contributed by atoms with Gasteiger partial charge in [-0.15, -0.1) is 0 Å². The number of nitrogens with two attached hydrogens (primary N) is 3. The van der Waals surface area contributed by atoms with E-state index in [2.05, 4.69) is 10.3 Å². The van der Waals surface area contributed by atoms with Crippen LogP contribution < -0.4 is 22.3 Å². The fourth-order valence-electron chi connectivity index (χ4n) is 1.46. The fraction of sp³-hybridized carbons (Fsp3) is 0.455. The van der Waals surface area contributed by atoms with Crippen molar-refractivity contribution in [3.63, 3.8) is 0 Å². The van der Waals surface area contributed by atoms with E-state index in [1.807, 2.05) is 0 Å². The van der Waals surface area contributed by atoms with E-state index in [0.29, 0.717) is 23.6 Å². The number of nitrogens with zero attached hydrogens (tertiary/aromatic N) is 1. The van der Waals surface area contributed by atoms with Crippen LogP contribution in [0, 0.1) is 0 Å². The predicted octanol–water partition coefficient (Wildman–Crippen LogP) is -0.912. The zero-order valence-electron chi connectivity index (χ0n) is 10.5. The van der Waals surface area contributed by atoms with Crippen molar-refractivity contribution in [2.24, 2.45) is 11.5 Å². The molecule has 0 fully saturated rings. The number of hydrogen-bond acceptors (Lipinski definition) is 5. The Morgan fingerprint density at radius 2 is 2.33 bits per heavy atom. The predicted molar refractivity (Wildman–Crippen MR) is 68.1 cm³/mol. The lowest BCUT2D eigenvalue weighted by Crippen LogP contribution is -2.76. The Kier molecular flexibility index (Phi) is 6.06. The molecule has 0 spiro atoms. The maximum Gasteiger partial charge on any atom is 0.250 e. The molecule has 0 aliphatic heterocycles. The highest BCUT2D eigenvalue weighted by Gasteiger charge is 2.12. The average molecular weight is 254 g/mol. The number of pyridine rings is 1. The third-order valence-electron chi connectivity index (χ3n) is 2.37. The number of aromatic nitrogens is 1. The van der Waals surface area contributed by atoms with Gasteiger partial charge in [-0.3, -0.25) is 4.79 Å². The monoisotopic (exact) mass is 254 g/mol. The third-order valence-corrected chi connectivity index (χ3v) is 2.37. The molecule has 1 aromatic rings. The molecular weight excluding hydrogens is 234 g/mol. The lowest BCUT2D eigenvalue weighted by Gasteiger charge is -2.08. The van der Waals surface area contributed by atoms with Crippen molar-refractivity contribution in [3.05, 3.63) is 17.8 Å². The largest absolute Gasteiger partial charge is 0.366 e. The molecule has 0 aromatic carbocycles. The number of primary amides is 1. The molecule has 1 amide bonds. The van der Waals surface area contributed by atoms with Crippen molar-refractivity contribution >= 4 is 17.4 Å². The highest BCUT2D eigenvalue weighted by molar-refractivity contribution is 5.93. The minimum absolute atomic E-state index is 0.353. The van der Waals surface area contributed by atoms with Crippen LogP contribution in [-0.4, -0.2) is 31.1 Å². The van der Waals surface area contributed by atoms with Gasteiger partial charge in [0.1, 0.15) is 0 Å². The molecule has 0 atom stereocenters. The summed E-state index contributed by atoms with van der Waals surface area (Å²) < 4.78 is 0. The first-order valence-electron chi connectivity index (χ1n) is 5.79. The zero-order chi connectivity index (χ0) is 13.4. The first-order chi connectivity index (χ1) is 8.69. The van der Waals surface area contributed by atoms with Crippen LogP contribution in [0.1, 0.15) is 23.2 Å². The Labute approximate surface area is 106 Å². The number of quaternary nitrogens is 1. The minimum Gasteiger partial charge on any atom is -0.366 e. The van der Waals surface area contributed by atoms with Gasteiger partial charge in [0.25, 0.3) is 0 Å². The second-order valence-electron chi connectivity index (χ2n) is 3.80. The summed E-state index contributed by atoms with van der Waals surface area (Å²) >= 11 is 0. The first-order valence-corrected chi connectivity index (χ1v) is 5.79. The van der Waals surface area contributed by atoms with Gasteiger partial charge < -0.3 is 16.8 Å². The van der Waals surface area contributed by atoms with E-state index < -0.39 is 5.91 Å². The van der Waals surface area contributed by atoms with Crippen LogP contribution in [0.3, 0.4) is 0 Å². The molecule has 0 aliphatic carbocycles. The number of anilines is 1. The van der Waals surface area contributed by atoms with Crippen LogP contribution in [0.5, 0.6) is 0 Å². The lowest BCUT2D eigenvalue weighted by atomic mass is 10.2. The van der Waals surface area contributed by atoms with E-state index in [1.54, 1.807) is 6.07 Å². The Morgan fingerprint density at radius 1 is 1.56 bits per heavy atom. The summed E-state index contributed by atoms with van der Waals surface area (Å²) in [7, 11) is 1.54. The number of amides is 1. The Bertz CT molecular complexity index is 397. The molecule has 0 saturated carbocycles. The van der Waals surface area contributed by atoms with Gasteiger partial charge in [0.05, 0.1) is 12.7 Å². The summed E-state index contributed by atoms with van der Waals surface area (Å²) in [6.45, 7) is 1.44. The molecule has 1 aromatic heterocycles. The molecule has 0 aliphatic rings. The highest BCUT2D eigenvalue weighted by Crippen LogP contribution is 2.15. The summed E-state index contributed by atoms with van der Waals surface area (Å²) in [6.07, 6.45) is 3.36. The number of unbranched alkanes of at least 4 members (excludes halogenated alkanes) is 1. The maximum absolute atomic E-state index is 11.1. The highest BCUT2D eigenvalue weighted by atomic mass is 16.6. The normalized spacial score (nSPS) is 10.3. The molecule has 7 heteroatoms. The maximum atomic E-state index is 11.1. The van der Waals surface area contributed by atoms with Crippen LogP contribution >= 0.6 is 0 Å². The zero-order valence-corrected chi connectivity index (χ0v) is 10.5. The summed E-state index contributed by atoms with van der Waals surface area (Å²) in [6, 6.07) is 1.64. The van der Waals surface area contributed by atoms with Gasteiger partial charge in [0.2, 0.25) is 11.6 Å². The summed E-state index contributed by atoms with van der Waals surface area (Å²) in [4.78, 5) is 20.2. The number of nitrogens with one attached hydrogen (secondary N) is 1. The average Bonchev–Trinajstić information content (AvgIpc) is 2.36. The number of carbonyl (C=O) groups excluding carboxylic acids is 1. The molecule has 0 unspecified atom stereocenters. The SMILES string of the molecule is CO[NH2+]c1cc(C(N)=O)cnc1NCCCCN. The lowest BCUT2D eigenvalue weighted by molar-refractivity contribution is -0.829. The summed E-state index contributed by atoms with van der Waals surface area (Å²) in [5.74, 6) is 0.154. The van der Waals surface area contributed by atoms with Crippen molar-refractivity contribution < 1.29 is 15.1 Å². The standard InChI is InChI=1S/C11H19N5O2/c1-18-16-9-6-8(10(13)17)7-15-11(9)14-5-3-2-4-12/h6-7,16H,2-5,12H2,1H3,(H2,13,17)(H,14,15)/p+1. The van der Waals surface area contributed by atoms with E-state index in [1.165, 1.54) is 18.8 Å². The third kappa shape index (κ3) is 4.28. The minimum atomic E-state index is -0.511. The molecule has 7 N–H and O–H groups in total. The van der Waals surface area contributed by atoms with Crippen LogP contribution in [0.15, 0.2) is 12.3 Å². The van der Waals surface area contributed by atoms with Gasteiger partial charge in [-0.2, -0.15) is 5.48 Å². The molecule has 1 heterocycles. The smallest absolute Gasteiger partial charge is 0.250 e. The van der Waals surface area contributed by atoms with Gasteiger partial charge in [-0.1, -0.05) is 0 Å². The van der Waals surface area contributed by atoms with Gasteiger partial charge in [-0.05, 0) is 19.4 Å². The molecule has 100 valence electrons. The quantitative estimate of drug-likeness (QED) is 0.353. The van der Waals surface area contributed by atoms with E-state index in [9.17, 15) is 4.79 Å². The Hall–Kier alpha value is -1.70. The van der Waals surface area contributed by atoms with Crippen molar-refractivity contribution in [2.75, 3.05) is 25.5 Å². The van der Waals surface area contributed by atoms with Gasteiger partial charge in [0, 0.05) is 18.8 Å².